The third-order valence-corrected chi connectivity index (χ3v) is 6.53. The van der Waals surface area contributed by atoms with Crippen molar-refractivity contribution in [2.24, 2.45) is 0 Å². The number of fused-ring (bicyclic) bond motifs is 1. The maximum Gasteiger partial charge on any atom is 0.180 e. The number of nitrogens with two attached hydrogens (primary N) is 1. The molecule has 0 radical (unpaired) electrons. The fourth-order valence-corrected chi connectivity index (χ4v) is 5.11. The van der Waals surface area contributed by atoms with Gasteiger partial charge in [-0.05, 0) is 48.1 Å². The average molecular weight is 369 g/mol. The van der Waals surface area contributed by atoms with Crippen molar-refractivity contribution >= 4 is 37.9 Å². The maximum absolute atomic E-state index is 13.3. The number of hydrogen-bond donors (Lipinski definition) is 1. The van der Waals surface area contributed by atoms with Gasteiger partial charge in [0.2, 0.25) is 0 Å². The number of thiazole rings is 1. The molecule has 1 atom stereocenters. The van der Waals surface area contributed by atoms with Crippen LogP contribution in [0, 0.1) is 12.7 Å². The van der Waals surface area contributed by atoms with E-state index in [9.17, 15) is 4.39 Å². The summed E-state index contributed by atoms with van der Waals surface area (Å²) in [5.41, 5.74) is 9.25. The number of anilines is 1. The highest BCUT2D eigenvalue weighted by atomic mass is 32.1. The summed E-state index contributed by atoms with van der Waals surface area (Å²) >= 11 is 3.27. The van der Waals surface area contributed by atoms with Crippen LogP contribution in [-0.2, 0) is 6.42 Å². The molecule has 2 nitrogen and oxygen atoms in total. The van der Waals surface area contributed by atoms with Gasteiger partial charge < -0.3 is 5.73 Å². The number of aryl methyl sites for hydroxylation is 1. The molecule has 5 heteroatoms. The van der Waals surface area contributed by atoms with Gasteiger partial charge in [0, 0.05) is 20.9 Å². The predicted octanol–water partition coefficient (Wildman–Crippen LogP) is 5.76. The van der Waals surface area contributed by atoms with E-state index in [-0.39, 0.29) is 11.7 Å². The van der Waals surface area contributed by atoms with E-state index >= 15 is 0 Å². The van der Waals surface area contributed by atoms with Crippen LogP contribution in [0.15, 0.2) is 53.9 Å². The minimum absolute atomic E-state index is 0.122. The Labute approximate surface area is 153 Å². The number of benzene rings is 2. The molecule has 2 aromatic carbocycles. The fourth-order valence-electron chi connectivity index (χ4n) is 3.17. The number of nitrogens with zero attached hydrogens (tertiary/aromatic N) is 1. The molecule has 4 rings (SSSR count). The highest BCUT2D eigenvalue weighted by molar-refractivity contribution is 7.19. The van der Waals surface area contributed by atoms with Crippen molar-refractivity contribution in [3.63, 3.8) is 0 Å². The van der Waals surface area contributed by atoms with E-state index in [1.54, 1.807) is 0 Å². The number of aromatic nitrogens is 1. The molecule has 0 amide bonds. The van der Waals surface area contributed by atoms with Gasteiger partial charge in [-0.3, -0.25) is 0 Å². The first-order valence-electron chi connectivity index (χ1n) is 8.05. The minimum Gasteiger partial charge on any atom is -0.375 e. The third-order valence-electron chi connectivity index (χ3n) is 4.45. The summed E-state index contributed by atoms with van der Waals surface area (Å²) in [4.78, 5) is 5.84. The van der Waals surface area contributed by atoms with Gasteiger partial charge in [0.05, 0.1) is 5.69 Å². The molecule has 0 bridgehead atoms. The summed E-state index contributed by atoms with van der Waals surface area (Å²) < 4.78 is 14.5. The van der Waals surface area contributed by atoms with Crippen LogP contribution in [0.25, 0.3) is 10.1 Å². The Morgan fingerprint density at radius 3 is 2.56 bits per heavy atom. The molecule has 4 aromatic rings. The Morgan fingerprint density at radius 1 is 1.12 bits per heavy atom. The van der Waals surface area contributed by atoms with Crippen LogP contribution >= 0.6 is 22.7 Å². The number of rotatable bonds is 4. The Kier molecular flexibility index (Phi) is 4.27. The molecule has 0 spiro atoms. The second-order valence-electron chi connectivity index (χ2n) is 6.08. The van der Waals surface area contributed by atoms with Gasteiger partial charge in [-0.1, -0.05) is 30.3 Å². The SMILES string of the molecule is Cc1c(C(Cc2ccc(F)cc2)c2csc(N)n2)sc2ccccc12. The van der Waals surface area contributed by atoms with E-state index < -0.39 is 0 Å². The molecule has 126 valence electrons. The van der Waals surface area contributed by atoms with Gasteiger partial charge in [0.25, 0.3) is 0 Å². The summed E-state index contributed by atoms with van der Waals surface area (Å²) in [7, 11) is 0. The van der Waals surface area contributed by atoms with E-state index in [4.69, 9.17) is 5.73 Å². The zero-order chi connectivity index (χ0) is 17.4. The van der Waals surface area contributed by atoms with Gasteiger partial charge in [-0.2, -0.15) is 0 Å². The average Bonchev–Trinajstić information content (AvgIpc) is 3.19. The lowest BCUT2D eigenvalue weighted by molar-refractivity contribution is 0.626. The molecule has 2 heterocycles. The first kappa shape index (κ1) is 16.2. The Hall–Kier alpha value is -2.24. The normalized spacial score (nSPS) is 12.6. The van der Waals surface area contributed by atoms with E-state index in [0.717, 1.165) is 17.7 Å². The Balaban J connectivity index is 1.81. The smallest absolute Gasteiger partial charge is 0.180 e. The monoisotopic (exact) mass is 368 g/mol. The Bertz CT molecular complexity index is 1020. The molecular formula is C20H17FN2S2. The molecule has 0 fully saturated rings. The van der Waals surface area contributed by atoms with Crippen LogP contribution in [-0.4, -0.2) is 4.98 Å². The van der Waals surface area contributed by atoms with Gasteiger partial charge in [-0.25, -0.2) is 9.37 Å². The number of thiophene rings is 1. The van der Waals surface area contributed by atoms with E-state index in [0.29, 0.717) is 5.13 Å². The van der Waals surface area contributed by atoms with Crippen molar-refractivity contribution in [1.82, 2.24) is 4.98 Å². The summed E-state index contributed by atoms with van der Waals surface area (Å²) in [6.45, 7) is 2.17. The van der Waals surface area contributed by atoms with Crippen LogP contribution < -0.4 is 5.73 Å². The number of hydrogen-bond acceptors (Lipinski definition) is 4. The maximum atomic E-state index is 13.3. The van der Waals surface area contributed by atoms with Crippen LogP contribution in [0.5, 0.6) is 0 Å². The molecule has 1 unspecified atom stereocenters. The molecule has 0 saturated carbocycles. The highest BCUT2D eigenvalue weighted by Gasteiger charge is 2.23. The van der Waals surface area contributed by atoms with Crippen LogP contribution in [0.4, 0.5) is 9.52 Å². The predicted molar refractivity (Wildman–Crippen MR) is 105 cm³/mol. The molecule has 0 saturated heterocycles. The van der Waals surface area contributed by atoms with Gasteiger partial charge in [0.1, 0.15) is 5.82 Å². The zero-order valence-electron chi connectivity index (χ0n) is 13.7. The lowest BCUT2D eigenvalue weighted by atomic mass is 9.92. The molecule has 25 heavy (non-hydrogen) atoms. The van der Waals surface area contributed by atoms with E-state index in [2.05, 4.69) is 36.2 Å². The summed E-state index contributed by atoms with van der Waals surface area (Å²) in [6, 6.07) is 15.2. The van der Waals surface area contributed by atoms with Crippen molar-refractivity contribution in [2.75, 3.05) is 5.73 Å². The van der Waals surface area contributed by atoms with Gasteiger partial charge >= 0.3 is 0 Å². The topological polar surface area (TPSA) is 38.9 Å². The second kappa shape index (κ2) is 6.58. The first-order chi connectivity index (χ1) is 12.1. The van der Waals surface area contributed by atoms with Crippen molar-refractivity contribution < 1.29 is 4.39 Å². The molecule has 0 aliphatic heterocycles. The first-order valence-corrected chi connectivity index (χ1v) is 9.75. The van der Waals surface area contributed by atoms with Crippen LogP contribution in [0.1, 0.15) is 27.6 Å². The lowest BCUT2D eigenvalue weighted by Gasteiger charge is -2.15. The molecular weight excluding hydrogens is 351 g/mol. The fraction of sp³-hybridized carbons (Fsp3) is 0.150. The third kappa shape index (κ3) is 3.17. The lowest BCUT2D eigenvalue weighted by Crippen LogP contribution is -2.06. The summed E-state index contributed by atoms with van der Waals surface area (Å²) in [5.74, 6) is -0.0901. The molecule has 2 aromatic heterocycles. The number of halogens is 1. The second-order valence-corrected chi connectivity index (χ2v) is 8.05. The van der Waals surface area contributed by atoms with Crippen LogP contribution in [0.3, 0.4) is 0 Å². The molecule has 2 N–H and O–H groups in total. The minimum atomic E-state index is -0.212. The summed E-state index contributed by atoms with van der Waals surface area (Å²) in [6.07, 6.45) is 0.775. The van der Waals surface area contributed by atoms with Gasteiger partial charge in [0.15, 0.2) is 5.13 Å². The highest BCUT2D eigenvalue weighted by Crippen LogP contribution is 2.40. The van der Waals surface area contributed by atoms with Crippen molar-refractivity contribution in [2.45, 2.75) is 19.3 Å². The summed E-state index contributed by atoms with van der Waals surface area (Å²) in [5, 5.41) is 3.90. The van der Waals surface area contributed by atoms with Crippen molar-refractivity contribution in [3.8, 4) is 0 Å². The molecule has 0 aliphatic rings. The van der Waals surface area contributed by atoms with Crippen molar-refractivity contribution in [1.29, 1.82) is 0 Å². The largest absolute Gasteiger partial charge is 0.375 e. The Morgan fingerprint density at radius 2 is 1.88 bits per heavy atom. The van der Waals surface area contributed by atoms with E-state index in [1.807, 2.05) is 28.8 Å². The molecule has 0 aliphatic carbocycles. The standard InChI is InChI=1S/C20H17FN2S2/c1-12-15-4-2-3-5-18(15)25-19(12)16(17-11-24-20(22)23-17)10-13-6-8-14(21)9-7-13/h2-9,11,16H,10H2,1H3,(H2,22,23). The van der Waals surface area contributed by atoms with Crippen LogP contribution in [0.2, 0.25) is 0 Å². The van der Waals surface area contributed by atoms with Crippen molar-refractivity contribution in [3.05, 3.63) is 81.4 Å². The zero-order valence-corrected chi connectivity index (χ0v) is 15.3. The number of nitrogen functional groups attached to an aromatic ring is 1. The van der Waals surface area contributed by atoms with E-state index in [1.165, 1.54) is 44.0 Å². The quantitative estimate of drug-likeness (QED) is 0.497. The van der Waals surface area contributed by atoms with Gasteiger partial charge in [-0.15, -0.1) is 22.7 Å².